The quantitative estimate of drug-likeness (QED) is 0.432. The molecule has 5 nitrogen and oxygen atoms in total. The molecular weight excluding hydrogens is 352 g/mol. The van der Waals surface area contributed by atoms with Crippen molar-refractivity contribution in [3.8, 4) is 0 Å². The molecule has 0 spiro atoms. The summed E-state index contributed by atoms with van der Waals surface area (Å²) in [4.78, 5) is 31.3. The number of likely N-dealkylation sites (tertiary alicyclic amines) is 1. The maximum Gasteiger partial charge on any atom is 0.295 e. The molecule has 1 aliphatic rings. The van der Waals surface area contributed by atoms with E-state index in [1.54, 1.807) is 42.7 Å². The molecule has 1 N–H and O–H groups in total. The number of nitrogens with zero attached hydrogens (tertiary/aromatic N) is 2. The second-order valence-electron chi connectivity index (χ2n) is 6.56. The summed E-state index contributed by atoms with van der Waals surface area (Å²) in [7, 11) is 0. The van der Waals surface area contributed by atoms with E-state index in [0.717, 1.165) is 11.1 Å². The zero-order chi connectivity index (χ0) is 19.5. The van der Waals surface area contributed by atoms with Crippen LogP contribution in [0.4, 0.5) is 0 Å². The van der Waals surface area contributed by atoms with Gasteiger partial charge in [-0.1, -0.05) is 66.7 Å². The van der Waals surface area contributed by atoms with Crippen molar-refractivity contribution in [2.75, 3.05) is 0 Å². The first-order valence-corrected chi connectivity index (χ1v) is 8.94. The highest BCUT2D eigenvalue weighted by Crippen LogP contribution is 2.40. The lowest BCUT2D eigenvalue weighted by atomic mass is 9.95. The summed E-state index contributed by atoms with van der Waals surface area (Å²) in [5, 5.41) is 10.9. The molecule has 3 aromatic rings. The molecule has 5 heteroatoms. The van der Waals surface area contributed by atoms with Crippen molar-refractivity contribution >= 4 is 17.4 Å². The lowest BCUT2D eigenvalue weighted by molar-refractivity contribution is -0.140. The van der Waals surface area contributed by atoms with Gasteiger partial charge in [0.25, 0.3) is 11.7 Å². The molecule has 1 amide bonds. The number of aliphatic hydroxyl groups excluding tert-OH is 1. The molecule has 0 aliphatic carbocycles. The summed E-state index contributed by atoms with van der Waals surface area (Å²) >= 11 is 0. The fourth-order valence-electron chi connectivity index (χ4n) is 3.46. The Morgan fingerprint density at radius 3 is 2.25 bits per heavy atom. The number of aliphatic hydroxyl groups is 1. The second kappa shape index (κ2) is 7.48. The first-order chi connectivity index (χ1) is 13.7. The molecule has 4 rings (SSSR count). The van der Waals surface area contributed by atoms with Crippen LogP contribution in [0.5, 0.6) is 0 Å². The normalized spacial score (nSPS) is 18.4. The van der Waals surface area contributed by atoms with Crippen molar-refractivity contribution in [1.29, 1.82) is 0 Å². The Morgan fingerprint density at radius 2 is 1.61 bits per heavy atom. The molecule has 138 valence electrons. The van der Waals surface area contributed by atoms with Crippen LogP contribution in [0.25, 0.3) is 5.76 Å². The third-order valence-corrected chi connectivity index (χ3v) is 4.78. The number of benzene rings is 2. The van der Waals surface area contributed by atoms with E-state index in [-0.39, 0.29) is 17.9 Å². The highest BCUT2D eigenvalue weighted by atomic mass is 16.3. The van der Waals surface area contributed by atoms with Gasteiger partial charge in [-0.05, 0) is 17.2 Å². The number of hydrogen-bond donors (Lipinski definition) is 1. The summed E-state index contributed by atoms with van der Waals surface area (Å²) < 4.78 is 0. The van der Waals surface area contributed by atoms with Crippen molar-refractivity contribution in [2.45, 2.75) is 12.6 Å². The van der Waals surface area contributed by atoms with E-state index in [1.807, 2.05) is 42.5 Å². The Kier molecular flexibility index (Phi) is 4.72. The largest absolute Gasteiger partial charge is 0.507 e. The van der Waals surface area contributed by atoms with Crippen molar-refractivity contribution < 1.29 is 14.7 Å². The van der Waals surface area contributed by atoms with E-state index < -0.39 is 17.7 Å². The van der Waals surface area contributed by atoms with E-state index in [0.29, 0.717) is 5.56 Å². The van der Waals surface area contributed by atoms with Crippen molar-refractivity contribution in [2.24, 2.45) is 0 Å². The highest BCUT2D eigenvalue weighted by molar-refractivity contribution is 6.46. The first kappa shape index (κ1) is 17.7. The third-order valence-electron chi connectivity index (χ3n) is 4.78. The molecule has 2 aromatic carbocycles. The van der Waals surface area contributed by atoms with Gasteiger partial charge >= 0.3 is 0 Å². The number of carbonyl (C=O) groups excluding carboxylic acids is 2. The SMILES string of the molecule is O=C1C(=O)N(Cc2cccnc2)C(c2ccccc2)C1=C(O)c1ccccc1. The van der Waals surface area contributed by atoms with Crippen LogP contribution in [0.2, 0.25) is 0 Å². The molecule has 1 fully saturated rings. The third kappa shape index (κ3) is 3.18. The summed E-state index contributed by atoms with van der Waals surface area (Å²) in [6.07, 6.45) is 3.32. The molecule has 2 heterocycles. The Hall–Kier alpha value is -3.73. The minimum atomic E-state index is -0.681. The second-order valence-corrected chi connectivity index (χ2v) is 6.56. The first-order valence-electron chi connectivity index (χ1n) is 8.94. The number of rotatable bonds is 4. The topological polar surface area (TPSA) is 70.5 Å². The predicted molar refractivity (Wildman–Crippen MR) is 105 cm³/mol. The Bertz CT molecular complexity index is 1030. The van der Waals surface area contributed by atoms with Gasteiger partial charge in [-0.25, -0.2) is 0 Å². The van der Waals surface area contributed by atoms with E-state index in [1.165, 1.54) is 4.90 Å². The molecule has 1 atom stereocenters. The van der Waals surface area contributed by atoms with Crippen molar-refractivity contribution in [1.82, 2.24) is 9.88 Å². The minimum absolute atomic E-state index is 0.103. The van der Waals surface area contributed by atoms with Crippen molar-refractivity contribution in [3.63, 3.8) is 0 Å². The van der Waals surface area contributed by atoms with Gasteiger partial charge < -0.3 is 10.0 Å². The van der Waals surface area contributed by atoms with E-state index in [2.05, 4.69) is 4.98 Å². The molecule has 0 bridgehead atoms. The Morgan fingerprint density at radius 1 is 0.929 bits per heavy atom. The number of aromatic nitrogens is 1. The lowest BCUT2D eigenvalue weighted by Crippen LogP contribution is -2.29. The van der Waals surface area contributed by atoms with Crippen LogP contribution in [-0.2, 0) is 16.1 Å². The van der Waals surface area contributed by atoms with Crippen molar-refractivity contribution in [3.05, 3.63) is 107 Å². The predicted octanol–water partition coefficient (Wildman–Crippen LogP) is 3.70. The zero-order valence-corrected chi connectivity index (χ0v) is 15.0. The zero-order valence-electron chi connectivity index (χ0n) is 15.0. The van der Waals surface area contributed by atoms with Crippen LogP contribution in [0.15, 0.2) is 90.8 Å². The van der Waals surface area contributed by atoms with Gasteiger partial charge in [0.2, 0.25) is 0 Å². The van der Waals surface area contributed by atoms with Gasteiger partial charge in [-0.15, -0.1) is 0 Å². The van der Waals surface area contributed by atoms with Gasteiger partial charge in [-0.3, -0.25) is 14.6 Å². The Balaban J connectivity index is 1.85. The number of hydrogen-bond acceptors (Lipinski definition) is 4. The minimum Gasteiger partial charge on any atom is -0.507 e. The van der Waals surface area contributed by atoms with Gasteiger partial charge in [0, 0.05) is 24.5 Å². The molecule has 0 saturated carbocycles. The van der Waals surface area contributed by atoms with Gasteiger partial charge in [0.1, 0.15) is 5.76 Å². The number of amides is 1. The molecule has 1 aliphatic heterocycles. The standard InChI is InChI=1S/C23H18N2O3/c26-21(18-11-5-2-6-12-18)19-20(17-9-3-1-4-10-17)25(23(28)22(19)27)15-16-8-7-13-24-14-16/h1-14,20,26H,15H2. The van der Waals surface area contributed by atoms with Crippen LogP contribution in [0, 0.1) is 0 Å². The van der Waals surface area contributed by atoms with E-state index in [4.69, 9.17) is 0 Å². The number of Topliss-reactive ketones (excluding diaryl/α,β-unsaturated/α-hetero) is 1. The summed E-state index contributed by atoms with van der Waals surface area (Å²) in [5.74, 6) is -1.48. The molecule has 28 heavy (non-hydrogen) atoms. The molecule has 1 unspecified atom stereocenters. The van der Waals surface area contributed by atoms with E-state index in [9.17, 15) is 14.7 Å². The summed E-state index contributed by atoms with van der Waals surface area (Å²) in [6, 6.07) is 21.1. The van der Waals surface area contributed by atoms with Crippen LogP contribution < -0.4 is 0 Å². The van der Waals surface area contributed by atoms with Crippen LogP contribution in [-0.4, -0.2) is 26.7 Å². The fourth-order valence-corrected chi connectivity index (χ4v) is 3.46. The highest BCUT2D eigenvalue weighted by Gasteiger charge is 2.45. The maximum absolute atomic E-state index is 12.9. The van der Waals surface area contributed by atoms with Gasteiger partial charge in [0.15, 0.2) is 0 Å². The number of ketones is 1. The fraction of sp³-hybridized carbons (Fsp3) is 0.0870. The van der Waals surface area contributed by atoms with Crippen LogP contribution in [0.3, 0.4) is 0 Å². The Labute approximate surface area is 162 Å². The lowest BCUT2D eigenvalue weighted by Gasteiger charge is -2.25. The smallest absolute Gasteiger partial charge is 0.295 e. The molecule has 0 radical (unpaired) electrons. The summed E-state index contributed by atoms with van der Waals surface area (Å²) in [5.41, 5.74) is 2.18. The van der Waals surface area contributed by atoms with Gasteiger partial charge in [0.05, 0.1) is 11.6 Å². The average molecular weight is 370 g/mol. The molecular formula is C23H18N2O3. The average Bonchev–Trinajstić information content (AvgIpc) is 3.00. The monoisotopic (exact) mass is 370 g/mol. The maximum atomic E-state index is 12.9. The number of carbonyl (C=O) groups is 2. The number of pyridine rings is 1. The van der Waals surface area contributed by atoms with Crippen LogP contribution in [0.1, 0.15) is 22.7 Å². The summed E-state index contributed by atoms with van der Waals surface area (Å²) in [6.45, 7) is 0.226. The van der Waals surface area contributed by atoms with Gasteiger partial charge in [-0.2, -0.15) is 0 Å². The van der Waals surface area contributed by atoms with Crippen LogP contribution >= 0.6 is 0 Å². The molecule has 1 aromatic heterocycles. The molecule has 1 saturated heterocycles. The van der Waals surface area contributed by atoms with E-state index >= 15 is 0 Å².